The molecule has 6 heteroatoms. The Labute approximate surface area is 130 Å². The minimum absolute atomic E-state index is 0.0133. The maximum atomic E-state index is 13.2. The van der Waals surface area contributed by atoms with Crippen LogP contribution in [0.1, 0.15) is 52.9 Å². The normalized spacial score (nSPS) is 34.0. The van der Waals surface area contributed by atoms with Crippen LogP contribution in [0.3, 0.4) is 0 Å². The van der Waals surface area contributed by atoms with Crippen LogP contribution in [0.4, 0.5) is 8.78 Å². The van der Waals surface area contributed by atoms with Crippen molar-refractivity contribution in [2.24, 2.45) is 11.3 Å². The second-order valence-electron chi connectivity index (χ2n) is 7.23. The van der Waals surface area contributed by atoms with Gasteiger partial charge in [0.1, 0.15) is 0 Å². The Kier molecular flexibility index (Phi) is 4.83. The minimum atomic E-state index is -2.64. The molecule has 0 aromatic heterocycles. The third kappa shape index (κ3) is 3.00. The Morgan fingerprint density at radius 1 is 1.32 bits per heavy atom. The fraction of sp³-hybridized carbons (Fsp3) is 0.938. The number of hydrogen-bond donors (Lipinski definition) is 2. The van der Waals surface area contributed by atoms with Gasteiger partial charge in [-0.2, -0.15) is 0 Å². The zero-order chi connectivity index (χ0) is 16.6. The van der Waals surface area contributed by atoms with Crippen molar-refractivity contribution in [2.75, 3.05) is 13.2 Å². The van der Waals surface area contributed by atoms with Crippen LogP contribution in [0.25, 0.3) is 0 Å². The van der Waals surface area contributed by atoms with Crippen LogP contribution in [-0.2, 0) is 9.53 Å². The van der Waals surface area contributed by atoms with E-state index in [1.165, 1.54) is 0 Å². The van der Waals surface area contributed by atoms with Crippen LogP contribution >= 0.6 is 0 Å². The van der Waals surface area contributed by atoms with Gasteiger partial charge in [-0.15, -0.1) is 0 Å². The smallest absolute Gasteiger partial charge is 0.248 e. The molecule has 0 aromatic rings. The van der Waals surface area contributed by atoms with E-state index < -0.39 is 11.5 Å². The van der Waals surface area contributed by atoms with Gasteiger partial charge in [0.05, 0.1) is 18.2 Å². The minimum Gasteiger partial charge on any atom is -0.394 e. The van der Waals surface area contributed by atoms with Crippen molar-refractivity contribution < 1.29 is 23.4 Å². The summed E-state index contributed by atoms with van der Waals surface area (Å²) in [5, 5.41) is 12.7. The van der Waals surface area contributed by atoms with Gasteiger partial charge < -0.3 is 15.2 Å². The molecule has 0 aliphatic heterocycles. The van der Waals surface area contributed by atoms with Gasteiger partial charge in [-0.1, -0.05) is 13.8 Å². The fourth-order valence-electron chi connectivity index (χ4n) is 3.64. The standard InChI is InChI=1S/C16H27F2NO3/c1-4-22-12-9-15(10-20,14(12,2)3)19-13(21)11-5-7-16(17,18)8-6-11/h11-12,20H,4-10H2,1-3H3,(H,19,21). The topological polar surface area (TPSA) is 58.6 Å². The maximum Gasteiger partial charge on any atom is 0.248 e. The first-order chi connectivity index (χ1) is 10.2. The largest absolute Gasteiger partial charge is 0.394 e. The molecule has 0 saturated heterocycles. The summed E-state index contributed by atoms with van der Waals surface area (Å²) >= 11 is 0. The predicted octanol–water partition coefficient (Wildman–Crippen LogP) is 2.49. The molecule has 2 N–H and O–H groups in total. The molecule has 2 aliphatic rings. The second kappa shape index (κ2) is 6.04. The lowest BCUT2D eigenvalue weighted by molar-refractivity contribution is -0.183. The molecule has 2 unspecified atom stereocenters. The summed E-state index contributed by atoms with van der Waals surface area (Å²) < 4.78 is 32.0. The number of rotatable bonds is 5. The van der Waals surface area contributed by atoms with E-state index in [-0.39, 0.29) is 55.6 Å². The number of ether oxygens (including phenoxy) is 1. The Hall–Kier alpha value is -0.750. The lowest BCUT2D eigenvalue weighted by atomic mass is 9.54. The molecule has 128 valence electrons. The van der Waals surface area contributed by atoms with Crippen molar-refractivity contribution >= 4 is 5.91 Å². The molecule has 0 aromatic carbocycles. The monoisotopic (exact) mass is 319 g/mol. The average Bonchev–Trinajstić information content (AvgIpc) is 2.45. The maximum absolute atomic E-state index is 13.2. The van der Waals surface area contributed by atoms with Crippen LogP contribution in [-0.4, -0.2) is 41.8 Å². The van der Waals surface area contributed by atoms with E-state index in [1.54, 1.807) is 0 Å². The number of aliphatic hydroxyl groups is 1. The number of carbonyl (C=O) groups excluding carboxylic acids is 1. The number of amides is 1. The molecule has 22 heavy (non-hydrogen) atoms. The Morgan fingerprint density at radius 3 is 2.36 bits per heavy atom. The van der Waals surface area contributed by atoms with Gasteiger partial charge in [-0.25, -0.2) is 8.78 Å². The summed E-state index contributed by atoms with van der Waals surface area (Å²) in [6.07, 6.45) is 0.481. The first kappa shape index (κ1) is 17.6. The van der Waals surface area contributed by atoms with E-state index >= 15 is 0 Å². The van der Waals surface area contributed by atoms with Crippen LogP contribution in [0.15, 0.2) is 0 Å². The molecular weight excluding hydrogens is 292 g/mol. The van der Waals surface area contributed by atoms with Crippen molar-refractivity contribution in [3.8, 4) is 0 Å². The summed E-state index contributed by atoms with van der Waals surface area (Å²) in [6.45, 7) is 6.25. The van der Waals surface area contributed by atoms with E-state index in [9.17, 15) is 18.7 Å². The highest BCUT2D eigenvalue weighted by atomic mass is 19.3. The van der Waals surface area contributed by atoms with Gasteiger partial charge in [0.2, 0.25) is 11.8 Å². The highest BCUT2D eigenvalue weighted by Crippen LogP contribution is 2.51. The molecule has 0 heterocycles. The summed E-state index contributed by atoms with van der Waals surface area (Å²) in [5.41, 5.74) is -1.10. The number of alkyl halides is 2. The predicted molar refractivity (Wildman–Crippen MR) is 78.7 cm³/mol. The quantitative estimate of drug-likeness (QED) is 0.818. The summed E-state index contributed by atoms with van der Waals surface area (Å²) in [5.74, 6) is -3.24. The van der Waals surface area contributed by atoms with Gasteiger partial charge in [0.25, 0.3) is 0 Å². The third-order valence-electron chi connectivity index (χ3n) is 5.66. The fourth-order valence-corrected chi connectivity index (χ4v) is 3.64. The molecule has 2 rings (SSSR count). The zero-order valence-corrected chi connectivity index (χ0v) is 13.6. The Morgan fingerprint density at radius 2 is 1.91 bits per heavy atom. The lowest BCUT2D eigenvalue weighted by Crippen LogP contribution is -2.74. The second-order valence-corrected chi connectivity index (χ2v) is 7.23. The van der Waals surface area contributed by atoms with Crippen molar-refractivity contribution in [2.45, 2.75) is 70.4 Å². The van der Waals surface area contributed by atoms with Gasteiger partial charge in [0.15, 0.2) is 0 Å². The van der Waals surface area contributed by atoms with Crippen LogP contribution in [0, 0.1) is 11.3 Å². The van der Waals surface area contributed by atoms with Gasteiger partial charge in [-0.05, 0) is 19.8 Å². The molecule has 0 bridgehead atoms. The van der Waals surface area contributed by atoms with Gasteiger partial charge in [0, 0.05) is 37.2 Å². The Bertz CT molecular complexity index is 418. The number of aliphatic hydroxyl groups excluding tert-OH is 1. The van der Waals surface area contributed by atoms with E-state index in [0.717, 1.165) is 0 Å². The molecule has 2 atom stereocenters. The highest BCUT2D eigenvalue weighted by molar-refractivity contribution is 5.80. The SMILES string of the molecule is CCOC1CC(CO)(NC(=O)C2CCC(F)(F)CC2)C1(C)C. The van der Waals surface area contributed by atoms with E-state index in [0.29, 0.717) is 13.0 Å². The van der Waals surface area contributed by atoms with Gasteiger partial charge >= 0.3 is 0 Å². The molecule has 0 spiro atoms. The molecule has 2 fully saturated rings. The summed E-state index contributed by atoms with van der Waals surface area (Å²) in [7, 11) is 0. The molecule has 4 nitrogen and oxygen atoms in total. The first-order valence-corrected chi connectivity index (χ1v) is 8.10. The van der Waals surface area contributed by atoms with Crippen molar-refractivity contribution in [1.82, 2.24) is 5.32 Å². The van der Waals surface area contributed by atoms with Crippen LogP contribution in [0.5, 0.6) is 0 Å². The van der Waals surface area contributed by atoms with Crippen molar-refractivity contribution in [3.63, 3.8) is 0 Å². The van der Waals surface area contributed by atoms with Crippen molar-refractivity contribution in [3.05, 3.63) is 0 Å². The molecule has 0 radical (unpaired) electrons. The van der Waals surface area contributed by atoms with Crippen molar-refractivity contribution in [1.29, 1.82) is 0 Å². The highest BCUT2D eigenvalue weighted by Gasteiger charge is 2.61. The molecular formula is C16H27F2NO3. The number of nitrogens with one attached hydrogen (secondary N) is 1. The van der Waals surface area contributed by atoms with Gasteiger partial charge in [-0.3, -0.25) is 4.79 Å². The van der Waals surface area contributed by atoms with Crippen LogP contribution < -0.4 is 5.32 Å². The van der Waals surface area contributed by atoms with Crippen LogP contribution in [0.2, 0.25) is 0 Å². The average molecular weight is 319 g/mol. The third-order valence-corrected chi connectivity index (χ3v) is 5.66. The summed E-state index contributed by atoms with van der Waals surface area (Å²) in [4.78, 5) is 12.4. The number of halogens is 2. The molecule has 1 amide bonds. The molecule has 2 saturated carbocycles. The molecule has 2 aliphatic carbocycles. The summed E-state index contributed by atoms with van der Waals surface area (Å²) in [6, 6.07) is 0. The number of carbonyl (C=O) groups is 1. The number of hydrogen-bond acceptors (Lipinski definition) is 3. The van der Waals surface area contributed by atoms with E-state index in [4.69, 9.17) is 4.74 Å². The zero-order valence-electron chi connectivity index (χ0n) is 13.6. The lowest BCUT2D eigenvalue weighted by Gasteiger charge is -2.60. The first-order valence-electron chi connectivity index (χ1n) is 8.10. The van der Waals surface area contributed by atoms with E-state index in [1.807, 2.05) is 20.8 Å². The Balaban J connectivity index is 1.98. The van der Waals surface area contributed by atoms with E-state index in [2.05, 4.69) is 5.32 Å².